The van der Waals surface area contributed by atoms with Gasteiger partial charge in [-0.05, 0) is 19.4 Å². The largest absolute Gasteiger partial charge is 0.405 e. The standard InChI is InChI=1S/C19H21F3N6O4S/c1-7-11(17-27-12-10(33-17)2-3-23-16(12)32)15(28-18(25-7)24-6-19(20,21)22)26-9-4-8(5-29)13(30)14(9)31/h2-3,8-9,13-14,29-31H,4-6H2,1H3,(H,23,32)(H2,24,25,26,28)/t8-,9-,13-,14+/m1/s1. The molecule has 0 aromatic carbocycles. The molecule has 1 fully saturated rings. The van der Waals surface area contributed by atoms with Crippen molar-refractivity contribution in [2.45, 2.75) is 37.8 Å². The van der Waals surface area contributed by atoms with Gasteiger partial charge in [-0.15, -0.1) is 11.3 Å². The summed E-state index contributed by atoms with van der Waals surface area (Å²) in [6.45, 7) is -0.127. The summed E-state index contributed by atoms with van der Waals surface area (Å²) in [6.07, 6.45) is -5.23. The Morgan fingerprint density at radius 1 is 1.24 bits per heavy atom. The van der Waals surface area contributed by atoms with Crippen LogP contribution in [0.4, 0.5) is 24.9 Å². The quantitative estimate of drug-likeness (QED) is 0.302. The van der Waals surface area contributed by atoms with E-state index < -0.39 is 42.4 Å². The maximum absolute atomic E-state index is 12.7. The highest BCUT2D eigenvalue weighted by atomic mass is 32.1. The highest BCUT2D eigenvalue weighted by molar-refractivity contribution is 7.21. The number of aliphatic hydroxyl groups excluding tert-OH is 3. The average molecular weight is 486 g/mol. The molecule has 1 aliphatic carbocycles. The number of alkyl halides is 3. The van der Waals surface area contributed by atoms with E-state index in [4.69, 9.17) is 0 Å². The molecule has 0 unspecified atom stereocenters. The SMILES string of the molecule is Cc1nc(NCC(F)(F)F)nc(N[C@@H]2C[C@H](CO)[C@@H](O)[C@H]2O)c1-c1nc2c(=O)[nH]ccc2s1. The first kappa shape index (κ1) is 23.4. The van der Waals surface area contributed by atoms with Crippen LogP contribution < -0.4 is 16.2 Å². The fourth-order valence-corrected chi connectivity index (χ4v) is 4.85. The van der Waals surface area contributed by atoms with Gasteiger partial charge in [0, 0.05) is 18.7 Å². The van der Waals surface area contributed by atoms with Crippen molar-refractivity contribution >= 4 is 33.3 Å². The second-order valence-electron chi connectivity index (χ2n) is 7.77. The van der Waals surface area contributed by atoms with Crippen LogP contribution in [0.15, 0.2) is 17.1 Å². The van der Waals surface area contributed by atoms with Crippen molar-refractivity contribution in [3.05, 3.63) is 28.3 Å². The molecule has 6 N–H and O–H groups in total. The molecule has 0 radical (unpaired) electrons. The fraction of sp³-hybridized carbons (Fsp3) is 0.474. The molecule has 14 heteroatoms. The zero-order valence-corrected chi connectivity index (χ0v) is 18.0. The van der Waals surface area contributed by atoms with Gasteiger partial charge in [0.05, 0.1) is 28.1 Å². The number of halogens is 3. The summed E-state index contributed by atoms with van der Waals surface area (Å²) in [6, 6.07) is 0.932. The summed E-state index contributed by atoms with van der Waals surface area (Å²) < 4.78 is 38.7. The van der Waals surface area contributed by atoms with Gasteiger partial charge in [-0.25, -0.2) is 9.97 Å². The Bertz CT molecular complexity index is 1220. The summed E-state index contributed by atoms with van der Waals surface area (Å²) in [4.78, 5) is 27.3. The number of H-pyrrole nitrogens is 1. The van der Waals surface area contributed by atoms with E-state index in [0.29, 0.717) is 21.0 Å². The van der Waals surface area contributed by atoms with Crippen molar-refractivity contribution in [1.82, 2.24) is 19.9 Å². The summed E-state index contributed by atoms with van der Waals surface area (Å²) >= 11 is 1.18. The zero-order chi connectivity index (χ0) is 23.9. The van der Waals surface area contributed by atoms with Crippen molar-refractivity contribution in [3.8, 4) is 10.6 Å². The molecule has 0 saturated heterocycles. The molecule has 3 heterocycles. The predicted molar refractivity (Wildman–Crippen MR) is 115 cm³/mol. The van der Waals surface area contributed by atoms with Crippen molar-refractivity contribution in [2.24, 2.45) is 5.92 Å². The molecular weight excluding hydrogens is 465 g/mol. The third-order valence-electron chi connectivity index (χ3n) is 5.43. The first-order valence-electron chi connectivity index (χ1n) is 9.98. The molecule has 10 nitrogen and oxygen atoms in total. The number of aliphatic hydroxyl groups is 3. The summed E-state index contributed by atoms with van der Waals surface area (Å²) in [5.74, 6) is -0.785. The molecule has 0 aliphatic heterocycles. The van der Waals surface area contributed by atoms with Crippen LogP contribution in [0.5, 0.6) is 0 Å². The third-order valence-corrected chi connectivity index (χ3v) is 6.46. The van der Waals surface area contributed by atoms with Gasteiger partial charge in [-0.1, -0.05) is 0 Å². The number of nitrogens with zero attached hydrogens (tertiary/aromatic N) is 3. The average Bonchev–Trinajstić information content (AvgIpc) is 3.29. The third kappa shape index (κ3) is 4.78. The van der Waals surface area contributed by atoms with E-state index in [1.54, 1.807) is 13.0 Å². The Balaban J connectivity index is 1.77. The molecule has 178 valence electrons. The van der Waals surface area contributed by atoms with Crippen LogP contribution in [0, 0.1) is 12.8 Å². The maximum atomic E-state index is 12.7. The lowest BCUT2D eigenvalue weighted by Gasteiger charge is -2.21. The van der Waals surface area contributed by atoms with Gasteiger partial charge in [-0.2, -0.15) is 18.2 Å². The van der Waals surface area contributed by atoms with Crippen LogP contribution >= 0.6 is 11.3 Å². The number of rotatable bonds is 6. The molecule has 3 aromatic heterocycles. The zero-order valence-electron chi connectivity index (χ0n) is 17.2. The summed E-state index contributed by atoms with van der Waals surface area (Å²) in [5.41, 5.74) is 0.437. The number of hydrogen-bond donors (Lipinski definition) is 6. The van der Waals surface area contributed by atoms with Crippen molar-refractivity contribution in [2.75, 3.05) is 23.8 Å². The predicted octanol–water partition coefficient (Wildman–Crippen LogP) is 1.24. The van der Waals surface area contributed by atoms with Crippen LogP contribution in [-0.2, 0) is 0 Å². The van der Waals surface area contributed by atoms with Crippen LogP contribution in [-0.4, -0.2) is 72.8 Å². The molecule has 4 atom stereocenters. The number of anilines is 2. The van der Waals surface area contributed by atoms with E-state index in [0.717, 1.165) is 0 Å². The van der Waals surface area contributed by atoms with E-state index in [1.807, 2.05) is 0 Å². The number of aromatic amines is 1. The first-order chi connectivity index (χ1) is 15.6. The van der Waals surface area contributed by atoms with Crippen LogP contribution in [0.1, 0.15) is 12.1 Å². The Morgan fingerprint density at radius 3 is 2.64 bits per heavy atom. The van der Waals surface area contributed by atoms with Gasteiger partial charge in [0.25, 0.3) is 5.56 Å². The summed E-state index contributed by atoms with van der Waals surface area (Å²) in [5, 5.41) is 35.4. The molecule has 4 rings (SSSR count). The minimum Gasteiger partial charge on any atom is -0.396 e. The minimum absolute atomic E-state index is 0.0810. The molecule has 0 amide bonds. The second kappa shape index (κ2) is 8.85. The van der Waals surface area contributed by atoms with Gasteiger partial charge in [0.2, 0.25) is 5.95 Å². The minimum atomic E-state index is -4.49. The van der Waals surface area contributed by atoms with Crippen LogP contribution in [0.25, 0.3) is 20.8 Å². The van der Waals surface area contributed by atoms with Gasteiger partial charge in [0.15, 0.2) is 0 Å². The second-order valence-corrected chi connectivity index (χ2v) is 8.80. The number of hydrogen-bond acceptors (Lipinski definition) is 10. The van der Waals surface area contributed by atoms with Crippen molar-refractivity contribution in [3.63, 3.8) is 0 Å². The highest BCUT2D eigenvalue weighted by Gasteiger charge is 2.41. The van der Waals surface area contributed by atoms with Gasteiger partial charge in [-0.3, -0.25) is 4.79 Å². The highest BCUT2D eigenvalue weighted by Crippen LogP contribution is 2.37. The smallest absolute Gasteiger partial charge is 0.396 e. The summed E-state index contributed by atoms with van der Waals surface area (Å²) in [7, 11) is 0. The van der Waals surface area contributed by atoms with Crippen molar-refractivity contribution < 1.29 is 28.5 Å². The molecule has 1 aliphatic rings. The van der Waals surface area contributed by atoms with Crippen molar-refractivity contribution in [1.29, 1.82) is 0 Å². The van der Waals surface area contributed by atoms with E-state index in [1.165, 1.54) is 17.5 Å². The van der Waals surface area contributed by atoms with E-state index in [-0.39, 0.29) is 30.3 Å². The van der Waals surface area contributed by atoms with E-state index >= 15 is 0 Å². The van der Waals surface area contributed by atoms with E-state index in [9.17, 15) is 33.3 Å². The molecule has 1 saturated carbocycles. The molecule has 0 spiro atoms. The normalized spacial score (nSPS) is 23.2. The Labute approximate surface area is 188 Å². The van der Waals surface area contributed by atoms with Crippen LogP contribution in [0.3, 0.4) is 0 Å². The number of pyridine rings is 1. The topological polar surface area (TPSA) is 156 Å². The Morgan fingerprint density at radius 2 is 2.00 bits per heavy atom. The first-order valence-corrected chi connectivity index (χ1v) is 10.8. The van der Waals surface area contributed by atoms with E-state index in [2.05, 4.69) is 30.6 Å². The van der Waals surface area contributed by atoms with Crippen LogP contribution in [0.2, 0.25) is 0 Å². The molecule has 0 bridgehead atoms. The number of fused-ring (bicyclic) bond motifs is 1. The monoisotopic (exact) mass is 486 g/mol. The molecule has 3 aromatic rings. The molecule has 33 heavy (non-hydrogen) atoms. The van der Waals surface area contributed by atoms with Gasteiger partial charge < -0.3 is 30.9 Å². The number of thiazole rings is 1. The number of aromatic nitrogens is 4. The number of nitrogens with one attached hydrogen (secondary N) is 3. The fourth-order valence-electron chi connectivity index (χ4n) is 3.79. The maximum Gasteiger partial charge on any atom is 0.405 e. The molecular formula is C19H21F3N6O4S. The Hall–Kier alpha value is -2.81. The van der Waals surface area contributed by atoms with Gasteiger partial charge in [0.1, 0.15) is 29.0 Å². The Kier molecular flexibility index (Phi) is 6.26. The lowest BCUT2D eigenvalue weighted by molar-refractivity contribution is -0.115. The lowest BCUT2D eigenvalue weighted by Crippen LogP contribution is -2.36. The lowest BCUT2D eigenvalue weighted by atomic mass is 10.1. The number of aryl methyl sites for hydroxylation is 1. The van der Waals surface area contributed by atoms with Gasteiger partial charge >= 0.3 is 6.18 Å².